The van der Waals surface area contributed by atoms with Gasteiger partial charge in [0, 0.05) is 30.8 Å². The van der Waals surface area contributed by atoms with Gasteiger partial charge in [0.2, 0.25) is 0 Å². The van der Waals surface area contributed by atoms with Crippen LogP contribution in [0, 0.1) is 34.5 Å². The van der Waals surface area contributed by atoms with Gasteiger partial charge in [-0.2, -0.15) is 0 Å². The second-order valence-electron chi connectivity index (χ2n) is 12.0. The minimum absolute atomic E-state index is 0.00303. The van der Waals surface area contributed by atoms with E-state index >= 15 is 0 Å². The lowest BCUT2D eigenvalue weighted by Gasteiger charge is -2.61. The number of carbonyl (C=O) groups excluding carboxylic acids is 3. The average Bonchev–Trinajstić information content (AvgIpc) is 3.24. The number of epoxide rings is 1. The van der Waals surface area contributed by atoms with Gasteiger partial charge in [-0.15, -0.1) is 0 Å². The van der Waals surface area contributed by atoms with Crippen molar-refractivity contribution in [1.82, 2.24) is 0 Å². The van der Waals surface area contributed by atoms with E-state index in [4.69, 9.17) is 18.9 Å². The molecule has 4 aliphatic carbocycles. The van der Waals surface area contributed by atoms with Crippen LogP contribution < -0.4 is 0 Å². The number of esters is 3. The average molecular weight is 473 g/mol. The molecule has 2 aliphatic heterocycles. The first kappa shape index (κ1) is 22.6. The largest absolute Gasteiger partial charge is 0.465 e. The minimum atomic E-state index is -0.226. The number of fused-ring (bicyclic) bond motifs is 3. The highest BCUT2D eigenvalue weighted by molar-refractivity contribution is 5.85. The highest BCUT2D eigenvalue weighted by atomic mass is 16.6. The Hall–Kier alpha value is -1.89. The topological polar surface area (TPSA) is 91.4 Å². The summed E-state index contributed by atoms with van der Waals surface area (Å²) in [6.07, 6.45) is 9.75. The number of rotatable bonds is 4. The summed E-state index contributed by atoms with van der Waals surface area (Å²) in [5, 5.41) is 0. The molecule has 0 aromatic carbocycles. The first-order chi connectivity index (χ1) is 16.2. The third-order valence-corrected chi connectivity index (χ3v) is 10.7. The molecule has 9 atom stereocenters. The van der Waals surface area contributed by atoms with Crippen LogP contribution in [0.3, 0.4) is 0 Å². The van der Waals surface area contributed by atoms with Crippen LogP contribution in [0.2, 0.25) is 0 Å². The van der Waals surface area contributed by atoms with E-state index in [0.717, 1.165) is 56.9 Å². The Morgan fingerprint density at radius 3 is 2.59 bits per heavy atom. The molecule has 0 aromatic rings. The van der Waals surface area contributed by atoms with Gasteiger partial charge in [-0.25, -0.2) is 4.79 Å². The van der Waals surface area contributed by atoms with Crippen molar-refractivity contribution in [3.8, 4) is 0 Å². The highest BCUT2D eigenvalue weighted by Crippen LogP contribution is 2.77. The van der Waals surface area contributed by atoms with Crippen molar-refractivity contribution >= 4 is 17.9 Å². The molecule has 7 heteroatoms. The van der Waals surface area contributed by atoms with Gasteiger partial charge in [0.25, 0.3) is 0 Å². The van der Waals surface area contributed by atoms with Crippen LogP contribution in [-0.2, 0) is 33.3 Å². The number of ether oxygens (including phenoxy) is 4. The van der Waals surface area contributed by atoms with Gasteiger partial charge in [-0.05, 0) is 80.6 Å². The Morgan fingerprint density at radius 1 is 1.06 bits per heavy atom. The van der Waals surface area contributed by atoms with Gasteiger partial charge >= 0.3 is 17.9 Å². The summed E-state index contributed by atoms with van der Waals surface area (Å²) < 4.78 is 23.3. The number of carbonyl (C=O) groups is 3. The second kappa shape index (κ2) is 7.55. The van der Waals surface area contributed by atoms with E-state index < -0.39 is 0 Å². The highest BCUT2D eigenvalue weighted by Gasteiger charge is 2.81. The van der Waals surface area contributed by atoms with E-state index in [9.17, 15) is 14.4 Å². The summed E-state index contributed by atoms with van der Waals surface area (Å²) in [4.78, 5) is 35.3. The smallest absolute Gasteiger partial charge is 0.331 e. The summed E-state index contributed by atoms with van der Waals surface area (Å²) in [6.45, 7) is 6.24. The SMILES string of the molecule is CC(=O)OC[C@]12CC[C@H](OC(C)=O)C[C@@H]1CC[C@@H]1[C@@H]2CC[C@]2(C)[C@@H](C3=CC(=O)OC3)C[C@H]3O[C@]132. The van der Waals surface area contributed by atoms with Crippen molar-refractivity contribution in [3.63, 3.8) is 0 Å². The number of hydrogen-bond donors (Lipinski definition) is 0. The third-order valence-electron chi connectivity index (χ3n) is 10.7. The molecule has 0 radical (unpaired) electrons. The van der Waals surface area contributed by atoms with E-state index in [1.807, 2.05) is 0 Å². The molecule has 0 aromatic heterocycles. The standard InChI is InChI=1S/C27H36O7/c1-15(28)32-14-26-9-6-19(33-16(2)29)11-18(26)4-5-21-20(26)7-8-25(3)22(12-23-27(21,25)34-23)17-10-24(30)31-13-17/h10,18-23H,4-9,11-14H2,1-3H3/t18-,19-,20-,21+,22+,23+,25+,26+,27+/m0/s1. The molecule has 7 nitrogen and oxygen atoms in total. The fourth-order valence-corrected chi connectivity index (χ4v) is 9.46. The van der Waals surface area contributed by atoms with E-state index in [-0.39, 0.29) is 46.5 Å². The molecular weight excluding hydrogens is 436 g/mol. The normalized spacial score (nSPS) is 48.4. The summed E-state index contributed by atoms with van der Waals surface area (Å²) in [6, 6.07) is 0. The molecule has 0 unspecified atom stereocenters. The van der Waals surface area contributed by atoms with Gasteiger partial charge < -0.3 is 18.9 Å². The first-order valence-electron chi connectivity index (χ1n) is 13.1. The van der Waals surface area contributed by atoms with Crippen molar-refractivity contribution in [2.24, 2.45) is 34.5 Å². The van der Waals surface area contributed by atoms with Crippen LogP contribution in [0.1, 0.15) is 72.1 Å². The van der Waals surface area contributed by atoms with Gasteiger partial charge in [0.1, 0.15) is 18.3 Å². The molecule has 0 amide bonds. The Balaban J connectivity index is 1.31. The minimum Gasteiger partial charge on any atom is -0.465 e. The number of cyclic esters (lactones) is 1. The van der Waals surface area contributed by atoms with Crippen molar-refractivity contribution in [3.05, 3.63) is 11.6 Å². The lowest BCUT2D eigenvalue weighted by molar-refractivity contribution is -0.185. The summed E-state index contributed by atoms with van der Waals surface area (Å²) in [7, 11) is 0. The van der Waals surface area contributed by atoms with Crippen LogP contribution in [0.25, 0.3) is 0 Å². The molecule has 5 fully saturated rings. The Morgan fingerprint density at radius 2 is 1.88 bits per heavy atom. The zero-order chi connectivity index (χ0) is 23.9. The molecule has 0 bridgehead atoms. The lowest BCUT2D eigenvalue weighted by atomic mass is 9.43. The number of hydrogen-bond acceptors (Lipinski definition) is 7. The van der Waals surface area contributed by atoms with Crippen molar-refractivity contribution in [2.75, 3.05) is 13.2 Å². The van der Waals surface area contributed by atoms with E-state index in [1.54, 1.807) is 6.08 Å². The fraction of sp³-hybridized carbons (Fsp3) is 0.815. The molecule has 1 saturated heterocycles. The quantitative estimate of drug-likeness (QED) is 0.350. The maximum absolute atomic E-state index is 11.9. The molecule has 1 spiro atoms. The molecule has 6 aliphatic rings. The van der Waals surface area contributed by atoms with Gasteiger partial charge in [0.15, 0.2) is 0 Å². The molecule has 6 rings (SSSR count). The van der Waals surface area contributed by atoms with Crippen LogP contribution in [0.15, 0.2) is 11.6 Å². The van der Waals surface area contributed by atoms with E-state index in [0.29, 0.717) is 36.9 Å². The Labute approximate surface area is 200 Å². The summed E-state index contributed by atoms with van der Waals surface area (Å²) in [5.41, 5.74) is 0.921. The molecule has 186 valence electrons. The Bertz CT molecular complexity index is 957. The predicted octanol–water partition coefficient (Wildman–Crippen LogP) is 3.73. The zero-order valence-corrected chi connectivity index (χ0v) is 20.5. The molecule has 0 N–H and O–H groups in total. The van der Waals surface area contributed by atoms with Crippen LogP contribution in [0.5, 0.6) is 0 Å². The van der Waals surface area contributed by atoms with Crippen molar-refractivity contribution < 1.29 is 33.3 Å². The lowest BCUT2D eigenvalue weighted by Crippen LogP contribution is -2.61. The molecular formula is C27H36O7. The van der Waals surface area contributed by atoms with Crippen LogP contribution >= 0.6 is 0 Å². The fourth-order valence-electron chi connectivity index (χ4n) is 9.46. The Kier molecular flexibility index (Phi) is 5.01. The third kappa shape index (κ3) is 3.01. The molecule has 4 saturated carbocycles. The van der Waals surface area contributed by atoms with Crippen LogP contribution in [0.4, 0.5) is 0 Å². The van der Waals surface area contributed by atoms with Gasteiger partial charge in [-0.1, -0.05) is 6.92 Å². The maximum atomic E-state index is 11.9. The zero-order valence-electron chi connectivity index (χ0n) is 20.5. The monoisotopic (exact) mass is 472 g/mol. The molecule has 2 heterocycles. The van der Waals surface area contributed by atoms with Gasteiger partial charge in [-0.3, -0.25) is 9.59 Å². The van der Waals surface area contributed by atoms with Crippen molar-refractivity contribution in [1.29, 1.82) is 0 Å². The second-order valence-corrected chi connectivity index (χ2v) is 12.0. The molecule has 34 heavy (non-hydrogen) atoms. The van der Waals surface area contributed by atoms with Crippen molar-refractivity contribution in [2.45, 2.75) is 89.9 Å². The summed E-state index contributed by atoms with van der Waals surface area (Å²) in [5.74, 6) is 0.913. The first-order valence-corrected chi connectivity index (χ1v) is 13.1. The summed E-state index contributed by atoms with van der Waals surface area (Å²) >= 11 is 0. The van der Waals surface area contributed by atoms with Gasteiger partial charge in [0.05, 0.1) is 12.7 Å². The predicted molar refractivity (Wildman–Crippen MR) is 120 cm³/mol. The maximum Gasteiger partial charge on any atom is 0.331 e. The van der Waals surface area contributed by atoms with E-state index in [2.05, 4.69) is 6.92 Å². The van der Waals surface area contributed by atoms with Crippen LogP contribution in [-0.4, -0.2) is 48.9 Å². The van der Waals surface area contributed by atoms with E-state index in [1.165, 1.54) is 13.8 Å².